The van der Waals surface area contributed by atoms with Gasteiger partial charge in [-0.1, -0.05) is 35.2 Å². The molecular weight excluding hydrogens is 199 g/mol. The third-order valence-corrected chi connectivity index (χ3v) is 3.78. The van der Waals surface area contributed by atoms with Crippen LogP contribution in [0, 0.1) is 0 Å². The van der Waals surface area contributed by atoms with Crippen LogP contribution < -0.4 is 0 Å². The maximum absolute atomic E-state index is 6.02. The molecule has 0 N–H and O–H groups in total. The fourth-order valence-electron chi connectivity index (χ4n) is 1.22. The number of halogens is 2. The van der Waals surface area contributed by atoms with Crippen LogP contribution in [-0.2, 0) is 0 Å². The molecule has 0 aliphatic heterocycles. The molecule has 0 radical (unpaired) electrons. The smallest absolute Gasteiger partial charge is 0.0461 e. The highest BCUT2D eigenvalue weighted by molar-refractivity contribution is 9.09. The van der Waals surface area contributed by atoms with Gasteiger partial charge in [-0.15, -0.1) is 11.6 Å². The van der Waals surface area contributed by atoms with Gasteiger partial charge in [-0.25, -0.2) is 0 Å². The van der Waals surface area contributed by atoms with E-state index in [0.29, 0.717) is 10.2 Å². The van der Waals surface area contributed by atoms with Gasteiger partial charge in [-0.3, -0.25) is 0 Å². The van der Waals surface area contributed by atoms with Crippen LogP contribution in [-0.4, -0.2) is 10.2 Å². The van der Waals surface area contributed by atoms with E-state index >= 15 is 0 Å². The Morgan fingerprint density at radius 1 is 1.11 bits per heavy atom. The molecule has 0 heterocycles. The minimum atomic E-state index is 0.382. The minimum absolute atomic E-state index is 0.382. The summed E-state index contributed by atoms with van der Waals surface area (Å²) in [7, 11) is 0. The predicted octanol–water partition coefficient (Wildman–Crippen LogP) is 3.32. The Labute approximate surface area is 70.1 Å². The van der Waals surface area contributed by atoms with Gasteiger partial charge in [0, 0.05) is 10.2 Å². The Kier molecular flexibility index (Phi) is 3.34. The number of hydrogen-bond acceptors (Lipinski definition) is 0. The van der Waals surface area contributed by atoms with Gasteiger partial charge >= 0.3 is 0 Å². The lowest BCUT2D eigenvalue weighted by atomic mass is 10.2. The van der Waals surface area contributed by atoms with Crippen LogP contribution in [0.15, 0.2) is 0 Å². The molecule has 1 aliphatic rings. The van der Waals surface area contributed by atoms with E-state index in [-0.39, 0.29) is 0 Å². The Bertz CT molecular complexity index is 75.0. The van der Waals surface area contributed by atoms with Crippen molar-refractivity contribution in [2.75, 3.05) is 0 Å². The van der Waals surface area contributed by atoms with E-state index in [1.807, 2.05) is 0 Å². The van der Waals surface area contributed by atoms with Crippen molar-refractivity contribution < 1.29 is 0 Å². The summed E-state index contributed by atoms with van der Waals surface area (Å²) < 4.78 is 0. The molecule has 2 heteroatoms. The molecule has 54 valence electrons. The first-order valence-electron chi connectivity index (χ1n) is 3.59. The molecule has 0 aromatic carbocycles. The first kappa shape index (κ1) is 7.87. The molecule has 0 spiro atoms. The van der Waals surface area contributed by atoms with Crippen LogP contribution in [0.1, 0.15) is 32.1 Å². The maximum atomic E-state index is 6.02. The molecular formula is C7H12BrCl. The minimum Gasteiger partial charge on any atom is -0.122 e. The summed E-state index contributed by atoms with van der Waals surface area (Å²) in [5.74, 6) is 0. The summed E-state index contributed by atoms with van der Waals surface area (Å²) in [5.41, 5.74) is 0. The maximum Gasteiger partial charge on any atom is 0.0461 e. The Balaban J connectivity index is 2.32. The summed E-state index contributed by atoms with van der Waals surface area (Å²) in [4.78, 5) is 0.571. The highest BCUT2D eigenvalue weighted by Gasteiger charge is 2.17. The highest BCUT2D eigenvalue weighted by Crippen LogP contribution is 2.27. The van der Waals surface area contributed by atoms with E-state index in [0.717, 1.165) is 0 Å². The van der Waals surface area contributed by atoms with Crippen LogP contribution in [0.4, 0.5) is 0 Å². The molecule has 2 atom stereocenters. The van der Waals surface area contributed by atoms with E-state index < -0.39 is 0 Å². The lowest BCUT2D eigenvalue weighted by Crippen LogP contribution is -2.11. The van der Waals surface area contributed by atoms with Crippen molar-refractivity contribution in [3.05, 3.63) is 0 Å². The first-order chi connectivity index (χ1) is 4.30. The van der Waals surface area contributed by atoms with Crippen molar-refractivity contribution in [2.24, 2.45) is 0 Å². The molecule has 1 rings (SSSR count). The lowest BCUT2D eigenvalue weighted by molar-refractivity contribution is 0.703. The summed E-state index contributed by atoms with van der Waals surface area (Å²) >= 11 is 9.60. The second-order valence-electron chi connectivity index (χ2n) is 2.67. The van der Waals surface area contributed by atoms with E-state index in [9.17, 15) is 0 Å². The SMILES string of the molecule is ClC1CCCCCC1Br. The molecule has 0 nitrogen and oxygen atoms in total. The van der Waals surface area contributed by atoms with Crippen molar-refractivity contribution in [1.29, 1.82) is 0 Å². The summed E-state index contributed by atoms with van der Waals surface area (Å²) in [6.07, 6.45) is 6.48. The summed E-state index contributed by atoms with van der Waals surface area (Å²) in [6.45, 7) is 0. The topological polar surface area (TPSA) is 0 Å². The molecule has 0 saturated heterocycles. The molecule has 1 aliphatic carbocycles. The van der Waals surface area contributed by atoms with Crippen molar-refractivity contribution in [3.63, 3.8) is 0 Å². The standard InChI is InChI=1S/C7H12BrCl/c8-6-4-2-1-3-5-7(6)9/h6-7H,1-5H2. The second kappa shape index (κ2) is 3.82. The molecule has 9 heavy (non-hydrogen) atoms. The van der Waals surface area contributed by atoms with Crippen LogP contribution in [0.2, 0.25) is 0 Å². The zero-order valence-electron chi connectivity index (χ0n) is 5.45. The average Bonchev–Trinajstić information content (AvgIpc) is 1.99. The quantitative estimate of drug-likeness (QED) is 0.426. The highest BCUT2D eigenvalue weighted by atomic mass is 79.9. The van der Waals surface area contributed by atoms with Gasteiger partial charge in [0.2, 0.25) is 0 Å². The second-order valence-corrected chi connectivity index (χ2v) is 4.41. The summed E-state index contributed by atoms with van der Waals surface area (Å²) in [5, 5.41) is 0.382. The van der Waals surface area contributed by atoms with E-state index in [1.165, 1.54) is 32.1 Å². The van der Waals surface area contributed by atoms with Gasteiger partial charge in [-0.05, 0) is 12.8 Å². The van der Waals surface area contributed by atoms with Crippen molar-refractivity contribution in [2.45, 2.75) is 42.3 Å². The van der Waals surface area contributed by atoms with Gasteiger partial charge in [0.15, 0.2) is 0 Å². The van der Waals surface area contributed by atoms with Crippen molar-refractivity contribution >= 4 is 27.5 Å². The van der Waals surface area contributed by atoms with E-state index in [4.69, 9.17) is 11.6 Å². The zero-order chi connectivity index (χ0) is 6.69. The summed E-state index contributed by atoms with van der Waals surface area (Å²) in [6, 6.07) is 0. The largest absolute Gasteiger partial charge is 0.122 e. The molecule has 0 aromatic heterocycles. The Morgan fingerprint density at radius 3 is 2.56 bits per heavy atom. The van der Waals surface area contributed by atoms with Crippen LogP contribution in [0.5, 0.6) is 0 Å². The number of alkyl halides is 2. The van der Waals surface area contributed by atoms with E-state index in [1.54, 1.807) is 0 Å². The zero-order valence-corrected chi connectivity index (χ0v) is 7.79. The average molecular weight is 212 g/mol. The van der Waals surface area contributed by atoms with Gasteiger partial charge in [0.1, 0.15) is 0 Å². The van der Waals surface area contributed by atoms with Gasteiger partial charge in [0.25, 0.3) is 0 Å². The fourth-order valence-corrected chi connectivity index (χ4v) is 2.09. The Morgan fingerprint density at radius 2 is 1.78 bits per heavy atom. The van der Waals surface area contributed by atoms with Crippen molar-refractivity contribution in [3.8, 4) is 0 Å². The monoisotopic (exact) mass is 210 g/mol. The Hall–Kier alpha value is 0.770. The first-order valence-corrected chi connectivity index (χ1v) is 4.94. The molecule has 1 fully saturated rings. The predicted molar refractivity (Wildman–Crippen MR) is 45.4 cm³/mol. The van der Waals surface area contributed by atoms with Gasteiger partial charge < -0.3 is 0 Å². The lowest BCUT2D eigenvalue weighted by Gasteiger charge is -2.10. The molecule has 0 bridgehead atoms. The van der Waals surface area contributed by atoms with Crippen LogP contribution in [0.3, 0.4) is 0 Å². The van der Waals surface area contributed by atoms with Crippen molar-refractivity contribution in [1.82, 2.24) is 0 Å². The molecule has 2 unspecified atom stereocenters. The van der Waals surface area contributed by atoms with Gasteiger partial charge in [-0.2, -0.15) is 0 Å². The van der Waals surface area contributed by atoms with E-state index in [2.05, 4.69) is 15.9 Å². The normalized spacial score (nSPS) is 38.0. The van der Waals surface area contributed by atoms with Crippen LogP contribution >= 0.6 is 27.5 Å². The number of rotatable bonds is 0. The molecule has 0 aromatic rings. The fraction of sp³-hybridized carbons (Fsp3) is 1.00. The third kappa shape index (κ3) is 2.46. The number of hydrogen-bond donors (Lipinski definition) is 0. The van der Waals surface area contributed by atoms with Gasteiger partial charge in [0.05, 0.1) is 0 Å². The molecule has 1 saturated carbocycles. The van der Waals surface area contributed by atoms with Crippen LogP contribution in [0.25, 0.3) is 0 Å². The third-order valence-electron chi connectivity index (χ3n) is 1.85. The molecule has 0 amide bonds.